The SMILES string of the molecule is COc1cccc(-c2cc(C3=NN(C(C)=O)[C@@H](c4ccc(Cl)cc4Cl)O3)[nH]n2)c1. The average molecular weight is 431 g/mol. The van der Waals surface area contributed by atoms with Crippen molar-refractivity contribution in [3.8, 4) is 17.0 Å². The van der Waals surface area contributed by atoms with Gasteiger partial charge in [0.2, 0.25) is 12.1 Å². The molecule has 148 valence electrons. The Hall–Kier alpha value is -3.03. The van der Waals surface area contributed by atoms with Crippen molar-refractivity contribution in [3.05, 3.63) is 69.8 Å². The van der Waals surface area contributed by atoms with E-state index >= 15 is 0 Å². The number of H-pyrrole nitrogens is 1. The summed E-state index contributed by atoms with van der Waals surface area (Å²) in [4.78, 5) is 12.1. The molecular weight excluding hydrogens is 415 g/mol. The molecule has 7 nitrogen and oxygen atoms in total. The molecule has 0 unspecified atom stereocenters. The number of methoxy groups -OCH3 is 1. The lowest BCUT2D eigenvalue weighted by atomic mass is 10.1. The molecule has 0 saturated heterocycles. The smallest absolute Gasteiger partial charge is 0.259 e. The minimum Gasteiger partial charge on any atom is -0.497 e. The zero-order chi connectivity index (χ0) is 20.5. The van der Waals surface area contributed by atoms with E-state index in [-0.39, 0.29) is 11.8 Å². The highest BCUT2D eigenvalue weighted by Gasteiger charge is 2.35. The zero-order valence-electron chi connectivity index (χ0n) is 15.5. The van der Waals surface area contributed by atoms with Crippen LogP contribution in [0.1, 0.15) is 24.4 Å². The molecule has 0 saturated carbocycles. The molecular formula is C20H16Cl2N4O3. The second-order valence-corrected chi connectivity index (χ2v) is 7.15. The Bertz CT molecular complexity index is 1110. The summed E-state index contributed by atoms with van der Waals surface area (Å²) in [5, 5.41) is 13.6. The Morgan fingerprint density at radius 1 is 1.21 bits per heavy atom. The number of ether oxygens (including phenoxy) is 2. The van der Waals surface area contributed by atoms with Crippen LogP contribution in [0, 0.1) is 0 Å². The Balaban J connectivity index is 1.65. The van der Waals surface area contributed by atoms with Gasteiger partial charge in [-0.05, 0) is 30.3 Å². The number of carbonyl (C=O) groups excluding carboxylic acids is 1. The first-order chi connectivity index (χ1) is 14.0. The fourth-order valence-corrected chi connectivity index (χ4v) is 3.44. The summed E-state index contributed by atoms with van der Waals surface area (Å²) in [6.07, 6.45) is -0.796. The van der Waals surface area contributed by atoms with Gasteiger partial charge in [0.05, 0.1) is 17.8 Å². The van der Waals surface area contributed by atoms with Crippen molar-refractivity contribution in [3.63, 3.8) is 0 Å². The minimum atomic E-state index is -0.796. The summed E-state index contributed by atoms with van der Waals surface area (Å²) in [7, 11) is 1.61. The summed E-state index contributed by atoms with van der Waals surface area (Å²) in [5.41, 5.74) is 2.66. The molecule has 1 N–H and O–H groups in total. The number of rotatable bonds is 4. The van der Waals surface area contributed by atoms with Crippen molar-refractivity contribution in [1.82, 2.24) is 15.2 Å². The highest BCUT2D eigenvalue weighted by molar-refractivity contribution is 6.35. The van der Waals surface area contributed by atoms with E-state index in [0.29, 0.717) is 27.0 Å². The Kier molecular flexibility index (Phi) is 5.17. The van der Waals surface area contributed by atoms with E-state index in [1.807, 2.05) is 24.3 Å². The van der Waals surface area contributed by atoms with E-state index in [1.54, 1.807) is 31.4 Å². The largest absolute Gasteiger partial charge is 0.497 e. The van der Waals surface area contributed by atoms with Crippen LogP contribution < -0.4 is 4.74 Å². The summed E-state index contributed by atoms with van der Waals surface area (Å²) < 4.78 is 11.2. The molecule has 3 aromatic rings. The first kappa shape index (κ1) is 19.3. The van der Waals surface area contributed by atoms with Crippen molar-refractivity contribution in [2.24, 2.45) is 5.10 Å². The van der Waals surface area contributed by atoms with E-state index in [1.165, 1.54) is 11.9 Å². The van der Waals surface area contributed by atoms with E-state index in [0.717, 1.165) is 11.3 Å². The quantitative estimate of drug-likeness (QED) is 0.653. The van der Waals surface area contributed by atoms with Gasteiger partial charge in [-0.2, -0.15) is 10.1 Å². The first-order valence-corrected chi connectivity index (χ1v) is 9.42. The molecule has 0 radical (unpaired) electrons. The highest BCUT2D eigenvalue weighted by atomic mass is 35.5. The number of nitrogens with zero attached hydrogens (tertiary/aromatic N) is 3. The van der Waals surface area contributed by atoms with Crippen molar-refractivity contribution in [2.75, 3.05) is 7.11 Å². The van der Waals surface area contributed by atoms with Crippen LogP contribution in [-0.4, -0.2) is 34.1 Å². The van der Waals surface area contributed by atoms with Crippen LogP contribution in [0.3, 0.4) is 0 Å². The lowest BCUT2D eigenvalue weighted by Crippen LogP contribution is -2.25. The zero-order valence-corrected chi connectivity index (χ0v) is 17.0. The number of hydrogen-bond acceptors (Lipinski definition) is 5. The molecule has 1 aromatic heterocycles. The maximum atomic E-state index is 12.1. The van der Waals surface area contributed by atoms with Crippen molar-refractivity contribution < 1.29 is 14.3 Å². The van der Waals surface area contributed by atoms with Gasteiger partial charge in [-0.1, -0.05) is 41.4 Å². The highest BCUT2D eigenvalue weighted by Crippen LogP contribution is 2.35. The van der Waals surface area contributed by atoms with Crippen LogP contribution in [0.15, 0.2) is 53.6 Å². The average Bonchev–Trinajstić information content (AvgIpc) is 3.35. The van der Waals surface area contributed by atoms with Gasteiger partial charge in [-0.3, -0.25) is 9.89 Å². The molecule has 29 heavy (non-hydrogen) atoms. The van der Waals surface area contributed by atoms with Gasteiger partial charge in [0.25, 0.3) is 5.90 Å². The molecule has 1 aliphatic heterocycles. The number of hydrogen-bond donors (Lipinski definition) is 1. The van der Waals surface area contributed by atoms with Gasteiger partial charge in [0, 0.05) is 23.1 Å². The number of benzene rings is 2. The second-order valence-electron chi connectivity index (χ2n) is 6.30. The topological polar surface area (TPSA) is 79.8 Å². The fraction of sp³-hybridized carbons (Fsp3) is 0.150. The van der Waals surface area contributed by atoms with Gasteiger partial charge in [0.1, 0.15) is 11.4 Å². The van der Waals surface area contributed by atoms with Crippen LogP contribution >= 0.6 is 23.2 Å². The molecule has 1 amide bonds. The van der Waals surface area contributed by atoms with E-state index < -0.39 is 6.23 Å². The third-order valence-electron chi connectivity index (χ3n) is 4.37. The molecule has 0 fully saturated rings. The predicted molar refractivity (Wildman–Crippen MR) is 110 cm³/mol. The molecule has 1 atom stereocenters. The number of aromatic nitrogens is 2. The van der Waals surface area contributed by atoms with Gasteiger partial charge in [-0.15, -0.1) is 5.10 Å². The number of nitrogens with one attached hydrogen (secondary N) is 1. The molecule has 0 aliphatic carbocycles. The normalized spacial score (nSPS) is 15.8. The number of halogens is 2. The molecule has 1 aliphatic rings. The van der Waals surface area contributed by atoms with Gasteiger partial charge < -0.3 is 9.47 Å². The molecule has 2 aromatic carbocycles. The van der Waals surface area contributed by atoms with Crippen LogP contribution in [0.25, 0.3) is 11.3 Å². The second kappa shape index (κ2) is 7.77. The Morgan fingerprint density at radius 3 is 2.76 bits per heavy atom. The first-order valence-electron chi connectivity index (χ1n) is 8.66. The number of aromatic amines is 1. The third-order valence-corrected chi connectivity index (χ3v) is 4.93. The molecule has 0 spiro atoms. The van der Waals surface area contributed by atoms with Gasteiger partial charge in [-0.25, -0.2) is 0 Å². The Morgan fingerprint density at radius 2 is 2.03 bits per heavy atom. The lowest BCUT2D eigenvalue weighted by Gasteiger charge is -2.20. The number of carbonyl (C=O) groups is 1. The summed E-state index contributed by atoms with van der Waals surface area (Å²) in [5.74, 6) is 0.670. The molecule has 4 rings (SSSR count). The minimum absolute atomic E-state index is 0.234. The number of hydrazone groups is 1. The summed E-state index contributed by atoms with van der Waals surface area (Å²) in [6, 6.07) is 14.3. The van der Waals surface area contributed by atoms with Crippen molar-refractivity contribution in [2.45, 2.75) is 13.2 Å². The predicted octanol–water partition coefficient (Wildman–Crippen LogP) is 4.63. The monoisotopic (exact) mass is 430 g/mol. The van der Waals surface area contributed by atoms with Crippen molar-refractivity contribution in [1.29, 1.82) is 0 Å². The van der Waals surface area contributed by atoms with Gasteiger partial charge >= 0.3 is 0 Å². The Labute approximate surface area is 176 Å². The molecule has 0 bridgehead atoms. The number of amides is 1. The van der Waals surface area contributed by atoms with Crippen LogP contribution in [-0.2, 0) is 9.53 Å². The van der Waals surface area contributed by atoms with Gasteiger partial charge in [0.15, 0.2) is 0 Å². The molecule has 2 heterocycles. The van der Waals surface area contributed by atoms with E-state index in [9.17, 15) is 4.79 Å². The standard InChI is InChI=1S/C20H16Cl2N4O3/c1-11(27)26-20(15-7-6-13(21)9-16(15)22)29-19(25-26)18-10-17(23-24-18)12-4-3-5-14(8-12)28-2/h3-10,20H,1-2H3,(H,23,24)/t20-/m1/s1. The summed E-state index contributed by atoms with van der Waals surface area (Å²) >= 11 is 12.3. The van der Waals surface area contributed by atoms with E-state index in [2.05, 4.69) is 15.3 Å². The maximum Gasteiger partial charge on any atom is 0.259 e. The summed E-state index contributed by atoms with van der Waals surface area (Å²) in [6.45, 7) is 1.40. The van der Waals surface area contributed by atoms with Crippen LogP contribution in [0.2, 0.25) is 10.0 Å². The van der Waals surface area contributed by atoms with Crippen molar-refractivity contribution >= 4 is 35.0 Å². The maximum absolute atomic E-state index is 12.1. The molecule has 9 heteroatoms. The fourth-order valence-electron chi connectivity index (χ4n) is 2.94. The third kappa shape index (κ3) is 3.79. The van der Waals surface area contributed by atoms with Crippen LogP contribution in [0.5, 0.6) is 5.75 Å². The van der Waals surface area contributed by atoms with Crippen LogP contribution in [0.4, 0.5) is 0 Å². The van der Waals surface area contributed by atoms with E-state index in [4.69, 9.17) is 32.7 Å². The lowest BCUT2D eigenvalue weighted by molar-refractivity contribution is -0.135.